The smallest absolute Gasteiger partial charge is 0.335 e. The molecule has 0 saturated heterocycles. The molecular weight excluding hydrogens is 164 g/mol. The maximum absolute atomic E-state index is 5.59. The number of nitrogens with zero attached hydrogens (tertiary/aromatic N) is 2. The van der Waals surface area contributed by atoms with Gasteiger partial charge in [0.25, 0.3) is 0 Å². The molecule has 4 nitrogen and oxygen atoms in total. The van der Waals surface area contributed by atoms with Crippen LogP contribution in [0.2, 0.25) is 5.15 Å². The standard InChI is InChI=1S/C6H9ClN4/c1-2-11-5(8)3-4(7)10-6(11)9/h3H,2H2,1H3,(H3,8,9,10)/p+1. The maximum Gasteiger partial charge on any atom is 0.346 e. The Hall–Kier alpha value is -1.03. The quantitative estimate of drug-likeness (QED) is 0.471. The third-order valence-corrected chi connectivity index (χ3v) is 1.59. The lowest BCUT2D eigenvalue weighted by molar-refractivity contribution is -0.667. The summed E-state index contributed by atoms with van der Waals surface area (Å²) in [5.74, 6) is 0.877. The first-order valence-electron chi connectivity index (χ1n) is 3.26. The lowest BCUT2D eigenvalue weighted by Crippen LogP contribution is -2.40. The van der Waals surface area contributed by atoms with Crippen LogP contribution in [-0.2, 0) is 6.54 Å². The van der Waals surface area contributed by atoms with E-state index in [9.17, 15) is 0 Å². The molecular formula is C6H10ClN4+. The van der Waals surface area contributed by atoms with Crippen molar-refractivity contribution in [2.24, 2.45) is 0 Å². The van der Waals surface area contributed by atoms with E-state index in [1.807, 2.05) is 6.92 Å². The zero-order valence-electron chi connectivity index (χ0n) is 6.21. The van der Waals surface area contributed by atoms with Crippen LogP contribution in [-0.4, -0.2) is 4.98 Å². The first-order valence-corrected chi connectivity index (χ1v) is 3.64. The molecule has 0 aliphatic heterocycles. The number of hydrogen-bond donors (Lipinski definition) is 2. The third-order valence-electron chi connectivity index (χ3n) is 1.39. The van der Waals surface area contributed by atoms with Crippen molar-refractivity contribution in [2.45, 2.75) is 13.5 Å². The molecule has 4 N–H and O–H groups in total. The van der Waals surface area contributed by atoms with E-state index in [1.165, 1.54) is 0 Å². The summed E-state index contributed by atoms with van der Waals surface area (Å²) < 4.78 is 1.67. The topological polar surface area (TPSA) is 68.8 Å². The van der Waals surface area contributed by atoms with Gasteiger partial charge in [-0.2, -0.15) is 0 Å². The summed E-state index contributed by atoms with van der Waals surface area (Å²) in [5.41, 5.74) is 11.1. The summed E-state index contributed by atoms with van der Waals surface area (Å²) in [6.45, 7) is 2.63. The second-order valence-electron chi connectivity index (χ2n) is 2.11. The van der Waals surface area contributed by atoms with Crippen LogP contribution in [0.25, 0.3) is 0 Å². The fourth-order valence-electron chi connectivity index (χ4n) is 0.879. The summed E-state index contributed by atoms with van der Waals surface area (Å²) in [6.07, 6.45) is 0. The van der Waals surface area contributed by atoms with Gasteiger partial charge in [-0.1, -0.05) is 4.98 Å². The van der Waals surface area contributed by atoms with E-state index in [-0.39, 0.29) is 0 Å². The minimum Gasteiger partial charge on any atom is -0.335 e. The molecule has 0 fully saturated rings. The summed E-state index contributed by atoms with van der Waals surface area (Å²) in [5, 5.41) is 0.324. The second kappa shape index (κ2) is 2.92. The highest BCUT2D eigenvalue weighted by Crippen LogP contribution is 2.07. The summed E-state index contributed by atoms with van der Waals surface area (Å²) in [6, 6.07) is 1.57. The van der Waals surface area contributed by atoms with Crippen molar-refractivity contribution >= 4 is 23.4 Å². The van der Waals surface area contributed by atoms with Gasteiger partial charge in [0.1, 0.15) is 0 Å². The van der Waals surface area contributed by atoms with Crippen LogP contribution < -0.4 is 16.0 Å². The molecule has 11 heavy (non-hydrogen) atoms. The maximum atomic E-state index is 5.59. The van der Waals surface area contributed by atoms with Crippen LogP contribution in [0.3, 0.4) is 0 Å². The van der Waals surface area contributed by atoms with Crippen LogP contribution in [0.5, 0.6) is 0 Å². The highest BCUT2D eigenvalue weighted by molar-refractivity contribution is 6.29. The monoisotopic (exact) mass is 173 g/mol. The van der Waals surface area contributed by atoms with Crippen molar-refractivity contribution < 1.29 is 4.57 Å². The fraction of sp³-hybridized carbons (Fsp3) is 0.333. The molecule has 60 valence electrons. The van der Waals surface area contributed by atoms with E-state index in [2.05, 4.69) is 4.98 Å². The first kappa shape index (κ1) is 8.07. The number of hydrogen-bond acceptors (Lipinski definition) is 3. The minimum atomic E-state index is 0.324. The Bertz CT molecular complexity index is 250. The van der Waals surface area contributed by atoms with Crippen molar-refractivity contribution in [3.05, 3.63) is 11.2 Å². The minimum absolute atomic E-state index is 0.324. The van der Waals surface area contributed by atoms with Gasteiger partial charge in [-0.3, -0.25) is 0 Å². The predicted molar refractivity (Wildman–Crippen MR) is 43.9 cm³/mol. The Morgan fingerprint density at radius 1 is 1.64 bits per heavy atom. The molecule has 0 atom stereocenters. The van der Waals surface area contributed by atoms with E-state index in [0.29, 0.717) is 23.5 Å². The van der Waals surface area contributed by atoms with Crippen molar-refractivity contribution in [1.82, 2.24) is 4.98 Å². The van der Waals surface area contributed by atoms with Gasteiger partial charge in [0.05, 0.1) is 12.6 Å². The van der Waals surface area contributed by atoms with E-state index in [1.54, 1.807) is 10.6 Å². The lowest BCUT2D eigenvalue weighted by atomic mass is 10.5. The molecule has 0 unspecified atom stereocenters. The Balaban J connectivity index is 3.25. The molecule has 1 heterocycles. The highest BCUT2D eigenvalue weighted by Gasteiger charge is 2.08. The van der Waals surface area contributed by atoms with Crippen molar-refractivity contribution in [3.63, 3.8) is 0 Å². The number of halogens is 1. The van der Waals surface area contributed by atoms with Crippen molar-refractivity contribution in [1.29, 1.82) is 0 Å². The van der Waals surface area contributed by atoms with Gasteiger partial charge in [0.2, 0.25) is 0 Å². The SMILES string of the molecule is CC[n+]1c(N)cc(Cl)nc1N. The Morgan fingerprint density at radius 3 is 2.73 bits per heavy atom. The van der Waals surface area contributed by atoms with Crippen LogP contribution in [0.1, 0.15) is 6.92 Å². The zero-order valence-corrected chi connectivity index (χ0v) is 6.97. The molecule has 5 heteroatoms. The first-order chi connectivity index (χ1) is 5.15. The van der Waals surface area contributed by atoms with Gasteiger partial charge in [0, 0.05) is 0 Å². The van der Waals surface area contributed by atoms with Gasteiger partial charge in [0.15, 0.2) is 11.0 Å². The molecule has 0 aromatic carbocycles. The van der Waals surface area contributed by atoms with E-state index >= 15 is 0 Å². The molecule has 0 aliphatic rings. The zero-order chi connectivity index (χ0) is 8.43. The molecule has 0 spiro atoms. The summed E-state index contributed by atoms with van der Waals surface area (Å²) in [4.78, 5) is 3.83. The van der Waals surface area contributed by atoms with Gasteiger partial charge < -0.3 is 11.5 Å². The van der Waals surface area contributed by atoms with Gasteiger partial charge in [-0.25, -0.2) is 4.57 Å². The molecule has 0 saturated carbocycles. The Labute approximate surface area is 69.8 Å². The second-order valence-corrected chi connectivity index (χ2v) is 2.49. The number of nitrogens with two attached hydrogens (primary N) is 2. The number of aromatic nitrogens is 2. The third kappa shape index (κ3) is 1.51. The van der Waals surface area contributed by atoms with Crippen LogP contribution >= 0.6 is 11.6 Å². The molecule has 1 aromatic heterocycles. The summed E-state index contributed by atoms with van der Waals surface area (Å²) in [7, 11) is 0. The van der Waals surface area contributed by atoms with Crippen molar-refractivity contribution in [2.75, 3.05) is 11.5 Å². The average Bonchev–Trinajstić information content (AvgIpc) is 1.85. The largest absolute Gasteiger partial charge is 0.346 e. The molecule has 1 rings (SSSR count). The number of nitrogen functional groups attached to an aromatic ring is 2. The fourth-order valence-corrected chi connectivity index (χ4v) is 1.08. The van der Waals surface area contributed by atoms with Crippen LogP contribution in [0.15, 0.2) is 6.07 Å². The lowest BCUT2D eigenvalue weighted by Gasteiger charge is -2.02. The van der Waals surface area contributed by atoms with E-state index in [0.717, 1.165) is 0 Å². The average molecular weight is 174 g/mol. The molecule has 0 bridgehead atoms. The van der Waals surface area contributed by atoms with E-state index in [4.69, 9.17) is 23.1 Å². The van der Waals surface area contributed by atoms with Crippen molar-refractivity contribution in [3.8, 4) is 0 Å². The molecule has 0 radical (unpaired) electrons. The van der Waals surface area contributed by atoms with Gasteiger partial charge in [-0.15, -0.1) is 0 Å². The molecule has 0 amide bonds. The predicted octanol–water partition coefficient (Wildman–Crippen LogP) is 0.207. The Morgan fingerprint density at radius 2 is 2.27 bits per heavy atom. The van der Waals surface area contributed by atoms with Gasteiger partial charge in [-0.05, 0) is 18.5 Å². The normalized spacial score (nSPS) is 10.0. The number of anilines is 2. The molecule has 0 aliphatic carbocycles. The van der Waals surface area contributed by atoms with Crippen LogP contribution in [0, 0.1) is 0 Å². The summed E-state index contributed by atoms with van der Waals surface area (Å²) >= 11 is 5.59. The van der Waals surface area contributed by atoms with E-state index < -0.39 is 0 Å². The molecule has 1 aromatic rings. The van der Waals surface area contributed by atoms with Crippen LogP contribution in [0.4, 0.5) is 11.8 Å². The van der Waals surface area contributed by atoms with Gasteiger partial charge >= 0.3 is 5.95 Å². The highest BCUT2D eigenvalue weighted by atomic mass is 35.5. The number of rotatable bonds is 1. The Kier molecular flexibility index (Phi) is 2.14.